The summed E-state index contributed by atoms with van der Waals surface area (Å²) >= 11 is 0. The maximum Gasteiger partial charge on any atom is 0.320 e. The topological polar surface area (TPSA) is 68.8 Å². The normalized spacial score (nSPS) is 13.1. The van der Waals surface area contributed by atoms with E-state index in [1.807, 2.05) is 50.2 Å². The fourth-order valence-corrected chi connectivity index (χ4v) is 2.84. The molecule has 6 heteroatoms. The van der Waals surface area contributed by atoms with Crippen LogP contribution in [0.15, 0.2) is 42.5 Å². The number of amides is 2. The van der Waals surface area contributed by atoms with Crippen molar-refractivity contribution >= 4 is 11.7 Å². The number of para-hydroxylation sites is 2. The third-order valence-electron chi connectivity index (χ3n) is 4.02. The van der Waals surface area contributed by atoms with Gasteiger partial charge >= 0.3 is 6.03 Å². The molecule has 2 amide bonds. The first kappa shape index (κ1) is 17.0. The third-order valence-corrected chi connectivity index (χ3v) is 4.02. The number of rotatable bonds is 4. The first-order valence-corrected chi connectivity index (χ1v) is 8.12. The average Bonchev–Trinajstić information content (AvgIpc) is 2.61. The predicted octanol–water partition coefficient (Wildman–Crippen LogP) is 3.52. The Morgan fingerprint density at radius 1 is 1.08 bits per heavy atom. The molecule has 0 fully saturated rings. The van der Waals surface area contributed by atoms with Gasteiger partial charge in [-0.15, -0.1) is 0 Å². The van der Waals surface area contributed by atoms with Gasteiger partial charge in [-0.1, -0.05) is 24.3 Å². The fourth-order valence-electron chi connectivity index (χ4n) is 2.84. The molecule has 0 aromatic heterocycles. The summed E-state index contributed by atoms with van der Waals surface area (Å²) in [4.78, 5) is 12.5. The van der Waals surface area contributed by atoms with Gasteiger partial charge in [-0.2, -0.15) is 0 Å². The Labute approximate surface area is 147 Å². The summed E-state index contributed by atoms with van der Waals surface area (Å²) in [7, 11) is 1.61. The van der Waals surface area contributed by atoms with Crippen LogP contribution in [0.3, 0.4) is 0 Å². The minimum atomic E-state index is -0.622. The van der Waals surface area contributed by atoms with Crippen LogP contribution in [0.4, 0.5) is 10.5 Å². The molecule has 6 nitrogen and oxygen atoms in total. The largest absolute Gasteiger partial charge is 0.496 e. The van der Waals surface area contributed by atoms with Crippen molar-refractivity contribution in [3.05, 3.63) is 48.0 Å². The molecule has 0 unspecified atom stereocenters. The van der Waals surface area contributed by atoms with E-state index in [-0.39, 0.29) is 6.03 Å². The highest BCUT2D eigenvalue weighted by Crippen LogP contribution is 2.37. The van der Waals surface area contributed by atoms with E-state index < -0.39 is 5.54 Å². The smallest absolute Gasteiger partial charge is 0.320 e. The summed E-state index contributed by atoms with van der Waals surface area (Å²) in [6.45, 7) is 4.80. The molecule has 0 spiro atoms. The highest BCUT2D eigenvalue weighted by molar-refractivity contribution is 5.92. The molecule has 0 saturated heterocycles. The summed E-state index contributed by atoms with van der Waals surface area (Å²) < 4.78 is 16.5. The standard InChI is InChI=1S/C19H22N2O4/c1-19(2,13-7-4-5-9-15(13)23-3)21-18(22)20-14-8-6-10-16-17(14)25-12-11-24-16/h4-10H,11-12H2,1-3H3,(H2,20,21,22). The van der Waals surface area contributed by atoms with E-state index in [1.54, 1.807) is 13.2 Å². The van der Waals surface area contributed by atoms with E-state index in [0.717, 1.165) is 11.3 Å². The summed E-state index contributed by atoms with van der Waals surface area (Å²) in [6.07, 6.45) is 0. The maximum absolute atomic E-state index is 12.5. The van der Waals surface area contributed by atoms with Crippen LogP contribution in [-0.2, 0) is 5.54 Å². The molecule has 1 aliphatic rings. The van der Waals surface area contributed by atoms with Gasteiger partial charge in [0.25, 0.3) is 0 Å². The molecule has 0 bridgehead atoms. The number of nitrogens with one attached hydrogen (secondary N) is 2. The minimum absolute atomic E-state index is 0.335. The number of anilines is 1. The molecule has 0 atom stereocenters. The zero-order valence-corrected chi connectivity index (χ0v) is 14.6. The van der Waals surface area contributed by atoms with Crippen LogP contribution < -0.4 is 24.8 Å². The molecule has 2 aromatic rings. The molecule has 1 aliphatic heterocycles. The number of hydrogen-bond acceptors (Lipinski definition) is 4. The first-order chi connectivity index (χ1) is 12.0. The Hall–Kier alpha value is -2.89. The van der Waals surface area contributed by atoms with Crippen LogP contribution in [-0.4, -0.2) is 26.4 Å². The van der Waals surface area contributed by atoms with Gasteiger partial charge in [0.15, 0.2) is 11.5 Å². The second-order valence-electron chi connectivity index (χ2n) is 6.23. The zero-order valence-electron chi connectivity index (χ0n) is 14.6. The number of urea groups is 1. The van der Waals surface area contributed by atoms with Crippen LogP contribution in [0.2, 0.25) is 0 Å². The quantitative estimate of drug-likeness (QED) is 0.892. The van der Waals surface area contributed by atoms with Gasteiger partial charge < -0.3 is 24.8 Å². The van der Waals surface area contributed by atoms with Crippen molar-refractivity contribution in [2.75, 3.05) is 25.6 Å². The van der Waals surface area contributed by atoms with Gasteiger partial charge in [0.05, 0.1) is 18.3 Å². The average molecular weight is 342 g/mol. The molecule has 132 valence electrons. The van der Waals surface area contributed by atoms with Crippen LogP contribution >= 0.6 is 0 Å². The lowest BCUT2D eigenvalue weighted by molar-refractivity contribution is 0.172. The Morgan fingerprint density at radius 2 is 1.84 bits per heavy atom. The van der Waals surface area contributed by atoms with E-state index in [4.69, 9.17) is 14.2 Å². The van der Waals surface area contributed by atoms with Gasteiger partial charge in [-0.05, 0) is 32.0 Å². The molecule has 0 saturated carbocycles. The van der Waals surface area contributed by atoms with Crippen molar-refractivity contribution in [2.24, 2.45) is 0 Å². The Morgan fingerprint density at radius 3 is 2.64 bits per heavy atom. The van der Waals surface area contributed by atoms with Gasteiger partial charge in [0.2, 0.25) is 0 Å². The van der Waals surface area contributed by atoms with Crippen LogP contribution in [0.25, 0.3) is 0 Å². The Kier molecular flexibility index (Phi) is 4.70. The van der Waals surface area contributed by atoms with Crippen molar-refractivity contribution in [1.82, 2.24) is 5.32 Å². The van der Waals surface area contributed by atoms with E-state index in [2.05, 4.69) is 10.6 Å². The van der Waals surface area contributed by atoms with E-state index >= 15 is 0 Å². The van der Waals surface area contributed by atoms with Gasteiger partial charge in [0.1, 0.15) is 19.0 Å². The van der Waals surface area contributed by atoms with E-state index in [0.29, 0.717) is 30.4 Å². The first-order valence-electron chi connectivity index (χ1n) is 8.12. The highest BCUT2D eigenvalue weighted by Gasteiger charge is 2.27. The van der Waals surface area contributed by atoms with Crippen molar-refractivity contribution in [2.45, 2.75) is 19.4 Å². The van der Waals surface area contributed by atoms with Crippen LogP contribution in [0, 0.1) is 0 Å². The molecule has 1 heterocycles. The Balaban J connectivity index is 1.76. The summed E-state index contributed by atoms with van der Waals surface area (Å²) in [5.41, 5.74) is 0.843. The monoisotopic (exact) mass is 342 g/mol. The number of benzene rings is 2. The molecule has 2 N–H and O–H groups in total. The van der Waals surface area contributed by atoms with Gasteiger partial charge in [-0.25, -0.2) is 4.79 Å². The molecule has 25 heavy (non-hydrogen) atoms. The summed E-state index contributed by atoms with van der Waals surface area (Å²) in [6, 6.07) is 12.7. The predicted molar refractivity (Wildman–Crippen MR) is 95.6 cm³/mol. The SMILES string of the molecule is COc1ccccc1C(C)(C)NC(=O)Nc1cccc2c1OCCO2. The lowest BCUT2D eigenvalue weighted by atomic mass is 9.93. The molecular formula is C19H22N2O4. The number of carbonyl (C=O) groups is 1. The molecule has 0 aliphatic carbocycles. The number of methoxy groups -OCH3 is 1. The lowest BCUT2D eigenvalue weighted by Gasteiger charge is -2.29. The second-order valence-corrected chi connectivity index (χ2v) is 6.23. The summed E-state index contributed by atoms with van der Waals surface area (Å²) in [5, 5.41) is 5.81. The molecule has 0 radical (unpaired) electrons. The van der Waals surface area contributed by atoms with Crippen molar-refractivity contribution < 1.29 is 19.0 Å². The number of carbonyl (C=O) groups excluding carboxylic acids is 1. The van der Waals surface area contributed by atoms with Crippen LogP contribution in [0.5, 0.6) is 17.2 Å². The summed E-state index contributed by atoms with van der Waals surface area (Å²) in [5.74, 6) is 1.91. The molecule has 3 rings (SSSR count). The van der Waals surface area contributed by atoms with E-state index in [1.165, 1.54) is 0 Å². The Bertz CT molecular complexity index is 774. The third kappa shape index (κ3) is 3.63. The van der Waals surface area contributed by atoms with Gasteiger partial charge in [0, 0.05) is 5.56 Å². The van der Waals surface area contributed by atoms with Crippen molar-refractivity contribution in [3.8, 4) is 17.2 Å². The zero-order chi connectivity index (χ0) is 17.9. The minimum Gasteiger partial charge on any atom is -0.496 e. The maximum atomic E-state index is 12.5. The molecule has 2 aromatic carbocycles. The van der Waals surface area contributed by atoms with Crippen molar-refractivity contribution in [1.29, 1.82) is 0 Å². The second kappa shape index (κ2) is 6.93. The fraction of sp³-hybridized carbons (Fsp3) is 0.316. The number of hydrogen-bond donors (Lipinski definition) is 2. The van der Waals surface area contributed by atoms with Crippen molar-refractivity contribution in [3.63, 3.8) is 0 Å². The number of ether oxygens (including phenoxy) is 3. The highest BCUT2D eigenvalue weighted by atomic mass is 16.6. The number of fused-ring (bicyclic) bond motifs is 1. The van der Waals surface area contributed by atoms with Gasteiger partial charge in [-0.3, -0.25) is 0 Å². The van der Waals surface area contributed by atoms with E-state index in [9.17, 15) is 4.79 Å². The van der Waals surface area contributed by atoms with Crippen LogP contribution in [0.1, 0.15) is 19.4 Å². The lowest BCUT2D eigenvalue weighted by Crippen LogP contribution is -2.43. The molecular weight excluding hydrogens is 320 g/mol.